The number of hydrogen-bond donors (Lipinski definition) is 0. The van der Waals surface area contributed by atoms with Crippen LogP contribution in [0.3, 0.4) is 0 Å². The van der Waals surface area contributed by atoms with Crippen LogP contribution in [0, 0.1) is 0 Å². The monoisotopic (exact) mass is 694 g/mol. The van der Waals surface area contributed by atoms with Crippen LogP contribution in [0.1, 0.15) is 168 Å². The first-order valence-electron chi connectivity index (χ1n) is 16.8. The predicted octanol–water partition coefficient (Wildman–Crippen LogP) is 13.4. The Morgan fingerprint density at radius 3 is 1.12 bits per heavy atom. The van der Waals surface area contributed by atoms with Crippen molar-refractivity contribution in [2.24, 2.45) is 0 Å². The Balaban J connectivity index is 0. The van der Waals surface area contributed by atoms with Crippen LogP contribution in [0.15, 0.2) is 35.2 Å². The van der Waals surface area contributed by atoms with Crippen molar-refractivity contribution in [2.75, 3.05) is 13.2 Å². The van der Waals surface area contributed by atoms with E-state index < -0.39 is 5.69 Å². The quantitative estimate of drug-likeness (QED) is 0.0453. The number of benzene rings is 1. The fourth-order valence-electron chi connectivity index (χ4n) is 4.94. The van der Waals surface area contributed by atoms with Crippen LogP contribution in [0.4, 0.5) is 0 Å². The Morgan fingerprint density at radius 2 is 0.805 bits per heavy atom. The molecule has 0 N–H and O–H groups in total. The molecule has 1 aromatic carbocycles. The standard InChI is InChI=1S/C34H63O2PS2.S.Zn/c1-3-5-7-9-11-13-15-17-19-21-23-28-32-35-37(38,39-34-30-26-25-27-31-34)36-33-29-24-22-20-18-16-14-12-10-8-6-4-2;;/h25-27,30-31H,3-24,28-29,32-33H2,1-2H3;;/q;-2;+2. The van der Waals surface area contributed by atoms with Crippen molar-refractivity contribution < 1.29 is 28.5 Å². The van der Waals surface area contributed by atoms with Gasteiger partial charge in [-0.2, -0.15) is 0 Å². The zero-order chi connectivity index (χ0) is 28.1. The van der Waals surface area contributed by atoms with Gasteiger partial charge in [0.25, 0.3) is 5.69 Å². The van der Waals surface area contributed by atoms with Gasteiger partial charge in [0.1, 0.15) is 0 Å². The second kappa shape index (κ2) is 34.0. The number of unbranched alkanes of at least 4 members (excludes halogenated alkanes) is 22. The first kappa shape index (κ1) is 44.2. The van der Waals surface area contributed by atoms with Crippen LogP contribution in [0.5, 0.6) is 0 Å². The summed E-state index contributed by atoms with van der Waals surface area (Å²) in [5.41, 5.74) is -2.36. The van der Waals surface area contributed by atoms with E-state index >= 15 is 0 Å². The smallest absolute Gasteiger partial charge is 2.00 e. The van der Waals surface area contributed by atoms with Crippen LogP contribution >= 0.6 is 17.1 Å². The van der Waals surface area contributed by atoms with Crippen molar-refractivity contribution in [1.82, 2.24) is 0 Å². The Kier molecular flexibility index (Phi) is 36.7. The van der Waals surface area contributed by atoms with E-state index in [0.29, 0.717) is 0 Å². The minimum Gasteiger partial charge on any atom is -2.00 e. The molecule has 0 heterocycles. The van der Waals surface area contributed by atoms with E-state index in [9.17, 15) is 0 Å². The molecule has 0 aliphatic rings. The van der Waals surface area contributed by atoms with Crippen LogP contribution in [0.25, 0.3) is 0 Å². The van der Waals surface area contributed by atoms with E-state index in [1.165, 1.54) is 141 Å². The second-order valence-corrected chi connectivity index (χ2v) is 17.5. The van der Waals surface area contributed by atoms with Crippen LogP contribution in [-0.4, -0.2) is 13.2 Å². The fourth-order valence-corrected chi connectivity index (χ4v) is 9.49. The van der Waals surface area contributed by atoms with Gasteiger partial charge in [0.15, 0.2) is 0 Å². The van der Waals surface area contributed by atoms with Gasteiger partial charge >= 0.3 is 19.5 Å². The van der Waals surface area contributed by atoms with E-state index in [1.807, 2.05) is 6.07 Å². The molecule has 1 aromatic rings. The molecule has 0 radical (unpaired) electrons. The van der Waals surface area contributed by atoms with E-state index in [0.717, 1.165) is 31.0 Å². The molecule has 0 fully saturated rings. The molecule has 0 aliphatic carbocycles. The molecular weight excluding hydrogens is 633 g/mol. The zero-order valence-corrected chi connectivity index (χ0v) is 33.3. The van der Waals surface area contributed by atoms with E-state index in [2.05, 4.69) is 38.1 Å². The summed E-state index contributed by atoms with van der Waals surface area (Å²) >= 11 is 7.63. The second-order valence-electron chi connectivity index (χ2n) is 11.3. The summed E-state index contributed by atoms with van der Waals surface area (Å²) in [5, 5.41) is 0. The maximum absolute atomic E-state index is 6.30. The first-order valence-corrected chi connectivity index (χ1v) is 20.9. The van der Waals surface area contributed by atoms with Gasteiger partial charge < -0.3 is 22.5 Å². The third-order valence-corrected chi connectivity index (χ3v) is 12.4. The molecule has 0 saturated carbocycles. The van der Waals surface area contributed by atoms with Gasteiger partial charge in [-0.3, -0.25) is 0 Å². The van der Waals surface area contributed by atoms with Crippen molar-refractivity contribution in [3.8, 4) is 0 Å². The maximum Gasteiger partial charge on any atom is 2.00 e. The average Bonchev–Trinajstić information content (AvgIpc) is 2.94. The minimum absolute atomic E-state index is 0. The van der Waals surface area contributed by atoms with Crippen molar-refractivity contribution in [3.05, 3.63) is 30.3 Å². The molecule has 1 rings (SSSR count). The third-order valence-electron chi connectivity index (χ3n) is 7.46. The van der Waals surface area contributed by atoms with Gasteiger partial charge in [0, 0.05) is 4.90 Å². The summed E-state index contributed by atoms with van der Waals surface area (Å²) < 4.78 is 12.6. The molecule has 0 saturated heterocycles. The maximum atomic E-state index is 6.30. The van der Waals surface area contributed by atoms with Gasteiger partial charge in [0.2, 0.25) is 0 Å². The van der Waals surface area contributed by atoms with Crippen LogP contribution in [0.2, 0.25) is 0 Å². The van der Waals surface area contributed by atoms with E-state index in [4.69, 9.17) is 20.9 Å². The first-order chi connectivity index (χ1) is 19.2. The van der Waals surface area contributed by atoms with Crippen LogP contribution in [-0.2, 0) is 53.8 Å². The van der Waals surface area contributed by atoms with Crippen LogP contribution < -0.4 is 0 Å². The molecule has 0 amide bonds. The summed E-state index contributed by atoms with van der Waals surface area (Å²) in [6.07, 6.45) is 32.5. The van der Waals surface area contributed by atoms with Gasteiger partial charge in [-0.05, 0) is 48.2 Å². The molecule has 7 heteroatoms. The molecule has 0 aromatic heterocycles. The molecule has 0 aliphatic heterocycles. The largest absolute Gasteiger partial charge is 2.00 e. The van der Waals surface area contributed by atoms with Gasteiger partial charge in [-0.1, -0.05) is 173 Å². The molecule has 0 atom stereocenters. The third kappa shape index (κ3) is 29.6. The molecule has 41 heavy (non-hydrogen) atoms. The summed E-state index contributed by atoms with van der Waals surface area (Å²) in [4.78, 5) is 1.16. The molecule has 0 spiro atoms. The Labute approximate surface area is 285 Å². The van der Waals surface area contributed by atoms with E-state index in [-0.39, 0.29) is 33.0 Å². The Bertz CT molecular complexity index is 647. The summed E-state index contributed by atoms with van der Waals surface area (Å²) in [5.74, 6) is 0. The Morgan fingerprint density at radius 1 is 0.512 bits per heavy atom. The molecule has 0 unspecified atom stereocenters. The molecule has 2 nitrogen and oxygen atoms in total. The van der Waals surface area contributed by atoms with E-state index in [1.54, 1.807) is 11.4 Å². The van der Waals surface area contributed by atoms with Crippen molar-refractivity contribution in [1.29, 1.82) is 0 Å². The Hall–Kier alpha value is 1.11. The van der Waals surface area contributed by atoms with Crippen molar-refractivity contribution in [2.45, 2.75) is 173 Å². The van der Waals surface area contributed by atoms with Gasteiger partial charge in [-0.15, -0.1) is 0 Å². The summed E-state index contributed by atoms with van der Waals surface area (Å²) in [7, 11) is 0. The van der Waals surface area contributed by atoms with Crippen molar-refractivity contribution >= 4 is 42.4 Å². The normalized spacial score (nSPS) is 11.3. The zero-order valence-electron chi connectivity index (χ0n) is 27.0. The summed E-state index contributed by atoms with van der Waals surface area (Å²) in [6.45, 7) is 6.04. The molecular formula is C34H63O2PS3Zn. The topological polar surface area (TPSA) is 18.5 Å². The average molecular weight is 696 g/mol. The van der Waals surface area contributed by atoms with Gasteiger partial charge in [-0.25, -0.2) is 0 Å². The predicted molar refractivity (Wildman–Crippen MR) is 188 cm³/mol. The molecule has 0 bridgehead atoms. The minimum atomic E-state index is -2.36. The number of hydrogen-bond acceptors (Lipinski definition) is 4. The summed E-state index contributed by atoms with van der Waals surface area (Å²) in [6, 6.07) is 10.4. The number of rotatable bonds is 30. The SMILES string of the molecule is CCCCCCCCCCCCCCOP(=S)(OCCCCCCCCCCCCCC)Sc1ccccc1.[S-2].[Zn+2]. The van der Waals surface area contributed by atoms with Crippen molar-refractivity contribution in [3.63, 3.8) is 0 Å². The fraction of sp³-hybridized carbons (Fsp3) is 0.824. The molecule has 236 valence electrons. The van der Waals surface area contributed by atoms with Gasteiger partial charge in [0.05, 0.1) is 13.2 Å².